The third kappa shape index (κ3) is 5.53. The summed E-state index contributed by atoms with van der Waals surface area (Å²) in [6.45, 7) is 3.25. The van der Waals surface area contributed by atoms with Gasteiger partial charge in [-0.05, 0) is 61.3 Å². The number of aromatic amines is 1. The lowest BCUT2D eigenvalue weighted by Gasteiger charge is -2.22. The van der Waals surface area contributed by atoms with E-state index in [1.54, 1.807) is 0 Å². The van der Waals surface area contributed by atoms with Crippen LogP contribution in [0, 0.1) is 11.7 Å². The highest BCUT2D eigenvalue weighted by Gasteiger charge is 2.16. The van der Waals surface area contributed by atoms with Crippen molar-refractivity contribution in [3.05, 3.63) is 61.7 Å². The number of halogens is 2. The fourth-order valence-corrected chi connectivity index (χ4v) is 4.87. The average molecular weight is 479 g/mol. The molecule has 2 aromatic heterocycles. The number of amides is 1. The molecule has 1 fully saturated rings. The number of H-pyrrole nitrogens is 1. The van der Waals surface area contributed by atoms with Crippen LogP contribution in [0.4, 0.5) is 4.39 Å². The minimum absolute atomic E-state index is 0.0196. The lowest BCUT2D eigenvalue weighted by Crippen LogP contribution is -2.28. The summed E-state index contributed by atoms with van der Waals surface area (Å²) in [5.74, 6) is -0.442. The van der Waals surface area contributed by atoms with Crippen LogP contribution in [0.25, 0.3) is 10.2 Å². The third-order valence-electron chi connectivity index (χ3n) is 5.56. The van der Waals surface area contributed by atoms with Gasteiger partial charge in [0.25, 0.3) is 11.5 Å². The Kier molecular flexibility index (Phi) is 7.51. The van der Waals surface area contributed by atoms with Gasteiger partial charge in [0.15, 0.2) is 0 Å². The number of fused-ring (bicyclic) bond motifs is 1. The number of carbonyl (C=O) groups is 1. The quantitative estimate of drug-likeness (QED) is 0.430. The number of nitrogens with zero attached hydrogens (tertiary/aromatic N) is 1. The molecule has 0 saturated carbocycles. The Labute approximate surface area is 193 Å². The third-order valence-corrected chi connectivity index (χ3v) is 6.77. The molecular weight excluding hydrogens is 455 g/mol. The van der Waals surface area contributed by atoms with E-state index in [0.717, 1.165) is 25.1 Å². The molecule has 1 aliphatic rings. The SMILES string of the molecule is O=C(NCc1ccc(F)c(Cl)c1)c1nc2scc(COCCC3CCNCC3)c2c(=O)[nH]1. The van der Waals surface area contributed by atoms with Crippen LogP contribution in [-0.4, -0.2) is 35.6 Å². The van der Waals surface area contributed by atoms with Crippen molar-refractivity contribution in [2.75, 3.05) is 19.7 Å². The Hall–Kier alpha value is -2.33. The van der Waals surface area contributed by atoms with Gasteiger partial charge >= 0.3 is 0 Å². The Bertz CT molecular complexity index is 1160. The van der Waals surface area contributed by atoms with E-state index in [1.165, 1.54) is 42.4 Å². The van der Waals surface area contributed by atoms with Gasteiger partial charge in [0.2, 0.25) is 5.82 Å². The summed E-state index contributed by atoms with van der Waals surface area (Å²) in [6.07, 6.45) is 3.36. The largest absolute Gasteiger partial charge is 0.377 e. The standard InChI is InChI=1S/C22H24ClFN4O3S/c23-16-9-14(1-2-17(16)24)10-26-21(30)19-27-20(29)18-15(12-32-22(18)28-19)11-31-8-5-13-3-6-25-7-4-13/h1-2,9,12-13,25H,3-8,10-11H2,(H,26,30)(H,27,28,29). The van der Waals surface area contributed by atoms with E-state index in [9.17, 15) is 14.0 Å². The van der Waals surface area contributed by atoms with E-state index in [1.807, 2.05) is 5.38 Å². The lowest BCUT2D eigenvalue weighted by atomic mass is 9.95. The smallest absolute Gasteiger partial charge is 0.287 e. The first-order chi connectivity index (χ1) is 15.5. The first-order valence-electron chi connectivity index (χ1n) is 10.5. The van der Waals surface area contributed by atoms with Crippen LogP contribution in [-0.2, 0) is 17.9 Å². The highest BCUT2D eigenvalue weighted by atomic mass is 35.5. The van der Waals surface area contributed by atoms with Gasteiger partial charge in [-0.3, -0.25) is 9.59 Å². The predicted octanol–water partition coefficient (Wildman–Crippen LogP) is 3.61. The molecule has 0 spiro atoms. The predicted molar refractivity (Wildman–Crippen MR) is 123 cm³/mol. The molecule has 0 radical (unpaired) electrons. The summed E-state index contributed by atoms with van der Waals surface area (Å²) in [7, 11) is 0. The van der Waals surface area contributed by atoms with Gasteiger partial charge in [0, 0.05) is 18.7 Å². The van der Waals surface area contributed by atoms with Crippen LogP contribution in [0.2, 0.25) is 5.02 Å². The molecule has 1 saturated heterocycles. The Balaban J connectivity index is 1.36. The molecule has 0 aliphatic carbocycles. The molecule has 1 aliphatic heterocycles. The number of carbonyl (C=O) groups excluding carboxylic acids is 1. The summed E-state index contributed by atoms with van der Waals surface area (Å²) in [5.41, 5.74) is 1.04. The Morgan fingerprint density at radius 3 is 2.94 bits per heavy atom. The summed E-state index contributed by atoms with van der Waals surface area (Å²) in [4.78, 5) is 32.4. The van der Waals surface area contributed by atoms with Crippen molar-refractivity contribution in [3.8, 4) is 0 Å². The van der Waals surface area contributed by atoms with E-state index in [2.05, 4.69) is 20.6 Å². The average Bonchev–Trinajstić information content (AvgIpc) is 3.21. The van der Waals surface area contributed by atoms with Gasteiger partial charge < -0.3 is 20.4 Å². The van der Waals surface area contributed by atoms with E-state index in [-0.39, 0.29) is 23.0 Å². The van der Waals surface area contributed by atoms with Gasteiger partial charge in [-0.1, -0.05) is 17.7 Å². The van der Waals surface area contributed by atoms with Crippen molar-refractivity contribution >= 4 is 39.1 Å². The first-order valence-corrected chi connectivity index (χ1v) is 11.8. The molecule has 4 rings (SSSR count). The highest BCUT2D eigenvalue weighted by Crippen LogP contribution is 2.23. The van der Waals surface area contributed by atoms with Crippen molar-refractivity contribution < 1.29 is 13.9 Å². The van der Waals surface area contributed by atoms with Gasteiger partial charge in [-0.15, -0.1) is 11.3 Å². The van der Waals surface area contributed by atoms with Crippen LogP contribution in [0.5, 0.6) is 0 Å². The Morgan fingerprint density at radius 2 is 2.16 bits per heavy atom. The molecule has 3 heterocycles. The zero-order chi connectivity index (χ0) is 22.5. The van der Waals surface area contributed by atoms with Crippen molar-refractivity contribution in [1.82, 2.24) is 20.6 Å². The fraction of sp³-hybridized carbons (Fsp3) is 0.409. The molecule has 10 heteroatoms. The number of piperidine rings is 1. The second kappa shape index (κ2) is 10.5. The monoisotopic (exact) mass is 478 g/mol. The maximum Gasteiger partial charge on any atom is 0.287 e. The molecule has 0 atom stereocenters. The molecule has 0 unspecified atom stereocenters. The zero-order valence-corrected chi connectivity index (χ0v) is 19.0. The van der Waals surface area contributed by atoms with Gasteiger partial charge in [0.1, 0.15) is 10.6 Å². The molecular formula is C22H24ClFN4O3S. The Morgan fingerprint density at radius 1 is 1.34 bits per heavy atom. The minimum Gasteiger partial charge on any atom is -0.377 e. The maximum absolute atomic E-state index is 13.3. The van der Waals surface area contributed by atoms with Crippen molar-refractivity contribution in [2.45, 2.75) is 32.4 Å². The van der Waals surface area contributed by atoms with Gasteiger partial charge in [-0.25, -0.2) is 9.37 Å². The number of hydrogen-bond donors (Lipinski definition) is 3. The number of thiophene rings is 1. The number of benzene rings is 1. The van der Waals surface area contributed by atoms with Crippen molar-refractivity contribution in [1.29, 1.82) is 0 Å². The van der Waals surface area contributed by atoms with Crippen LogP contribution >= 0.6 is 22.9 Å². The molecule has 3 N–H and O–H groups in total. The second-order valence-electron chi connectivity index (χ2n) is 7.82. The summed E-state index contributed by atoms with van der Waals surface area (Å²) in [6, 6.07) is 4.20. The van der Waals surface area contributed by atoms with Crippen molar-refractivity contribution in [2.24, 2.45) is 5.92 Å². The van der Waals surface area contributed by atoms with E-state index < -0.39 is 11.7 Å². The van der Waals surface area contributed by atoms with Crippen LogP contribution < -0.4 is 16.2 Å². The van der Waals surface area contributed by atoms with Crippen molar-refractivity contribution in [3.63, 3.8) is 0 Å². The normalized spacial score (nSPS) is 14.7. The fourth-order valence-electron chi connectivity index (χ4n) is 3.74. The second-order valence-corrected chi connectivity index (χ2v) is 9.09. The molecule has 3 aromatic rings. The zero-order valence-electron chi connectivity index (χ0n) is 17.4. The summed E-state index contributed by atoms with van der Waals surface area (Å²) in [5, 5.41) is 8.30. The number of aromatic nitrogens is 2. The summed E-state index contributed by atoms with van der Waals surface area (Å²) >= 11 is 7.07. The lowest BCUT2D eigenvalue weighted by molar-refractivity contribution is 0.0940. The van der Waals surface area contributed by atoms with Crippen LogP contribution in [0.3, 0.4) is 0 Å². The minimum atomic E-state index is -0.530. The molecule has 1 aromatic carbocycles. The highest BCUT2D eigenvalue weighted by molar-refractivity contribution is 7.16. The molecule has 7 nitrogen and oxygen atoms in total. The van der Waals surface area contributed by atoms with Crippen LogP contribution in [0.15, 0.2) is 28.4 Å². The molecule has 1 amide bonds. The van der Waals surface area contributed by atoms with Crippen LogP contribution in [0.1, 0.15) is 41.0 Å². The van der Waals surface area contributed by atoms with E-state index >= 15 is 0 Å². The number of hydrogen-bond acceptors (Lipinski definition) is 6. The van der Waals surface area contributed by atoms with Gasteiger partial charge in [-0.2, -0.15) is 0 Å². The molecule has 0 bridgehead atoms. The van der Waals surface area contributed by atoms with E-state index in [0.29, 0.717) is 34.9 Å². The number of rotatable bonds is 8. The topological polar surface area (TPSA) is 96.1 Å². The molecule has 170 valence electrons. The maximum atomic E-state index is 13.3. The van der Waals surface area contributed by atoms with Gasteiger partial charge in [0.05, 0.1) is 17.0 Å². The number of ether oxygens (including phenoxy) is 1. The summed E-state index contributed by atoms with van der Waals surface area (Å²) < 4.78 is 19.1. The number of nitrogens with one attached hydrogen (secondary N) is 3. The molecule has 32 heavy (non-hydrogen) atoms. The first kappa shape index (κ1) is 22.8. The van der Waals surface area contributed by atoms with E-state index in [4.69, 9.17) is 16.3 Å².